The Morgan fingerprint density at radius 1 is 0.968 bits per heavy atom. The van der Waals surface area contributed by atoms with E-state index in [2.05, 4.69) is 4.90 Å². The Labute approximate surface area is 189 Å². The molecule has 0 saturated carbocycles. The highest BCUT2D eigenvalue weighted by Gasteiger charge is 2.31. The Bertz CT molecular complexity index is 1030. The lowest BCUT2D eigenvalue weighted by Crippen LogP contribution is -2.48. The fourth-order valence-electron chi connectivity index (χ4n) is 4.36. The fourth-order valence-corrected chi connectivity index (χ4v) is 6.24. The van der Waals surface area contributed by atoms with Crippen LogP contribution < -0.4 is 4.90 Å². The van der Waals surface area contributed by atoms with Crippen LogP contribution in [0, 0.1) is 0 Å². The molecule has 0 aromatic heterocycles. The molecule has 2 fully saturated rings. The topological polar surface area (TPSA) is 60.9 Å². The van der Waals surface area contributed by atoms with E-state index in [1.54, 1.807) is 28.6 Å². The zero-order valence-electron chi connectivity index (χ0n) is 17.7. The number of hydrogen-bond donors (Lipinski definition) is 0. The molecule has 0 N–H and O–H groups in total. The summed E-state index contributed by atoms with van der Waals surface area (Å²) in [6, 6.07) is 14.1. The molecule has 0 bridgehead atoms. The number of piperidine rings is 1. The third-order valence-corrected chi connectivity index (χ3v) is 8.45. The van der Waals surface area contributed by atoms with Gasteiger partial charge < -0.3 is 9.80 Å². The van der Waals surface area contributed by atoms with E-state index in [9.17, 15) is 13.2 Å². The average Bonchev–Trinajstić information content (AvgIpc) is 2.79. The summed E-state index contributed by atoms with van der Waals surface area (Å²) >= 11 is 6.09. The van der Waals surface area contributed by atoms with Gasteiger partial charge in [0.15, 0.2) is 0 Å². The van der Waals surface area contributed by atoms with E-state index in [1.165, 1.54) is 0 Å². The van der Waals surface area contributed by atoms with Crippen LogP contribution in [0.4, 0.5) is 5.69 Å². The van der Waals surface area contributed by atoms with Gasteiger partial charge in [-0.1, -0.05) is 24.1 Å². The van der Waals surface area contributed by atoms with Gasteiger partial charge in [0.25, 0.3) is 5.91 Å². The van der Waals surface area contributed by atoms with Gasteiger partial charge in [-0.2, -0.15) is 4.31 Å². The van der Waals surface area contributed by atoms with Crippen molar-refractivity contribution in [3.05, 3.63) is 59.1 Å². The molecule has 6 nitrogen and oxygen atoms in total. The van der Waals surface area contributed by atoms with Crippen LogP contribution >= 0.6 is 11.6 Å². The monoisotopic (exact) mass is 461 g/mol. The SMILES string of the molecule is CC1CCCCN1S(=O)(=O)c1ccc(C(=O)N2CCN(c3cccc(Cl)c3)CC2)cc1. The fraction of sp³-hybridized carbons (Fsp3) is 0.435. The number of piperazine rings is 1. The van der Waals surface area contributed by atoms with Crippen molar-refractivity contribution in [2.75, 3.05) is 37.6 Å². The van der Waals surface area contributed by atoms with Crippen LogP contribution in [-0.4, -0.2) is 62.3 Å². The first-order valence-electron chi connectivity index (χ1n) is 10.8. The first-order valence-corrected chi connectivity index (χ1v) is 12.6. The minimum atomic E-state index is -3.53. The highest BCUT2D eigenvalue weighted by molar-refractivity contribution is 7.89. The van der Waals surface area contributed by atoms with Crippen LogP contribution in [0.5, 0.6) is 0 Å². The molecule has 2 aromatic carbocycles. The van der Waals surface area contributed by atoms with E-state index in [-0.39, 0.29) is 16.8 Å². The van der Waals surface area contributed by atoms with E-state index >= 15 is 0 Å². The summed E-state index contributed by atoms with van der Waals surface area (Å²) in [6.07, 6.45) is 2.84. The van der Waals surface area contributed by atoms with E-state index in [4.69, 9.17) is 11.6 Å². The van der Waals surface area contributed by atoms with Crippen LogP contribution in [0.2, 0.25) is 5.02 Å². The third kappa shape index (κ3) is 4.73. The smallest absolute Gasteiger partial charge is 0.253 e. The molecule has 0 aliphatic carbocycles. The molecule has 0 radical (unpaired) electrons. The first kappa shape index (κ1) is 22.1. The average molecular weight is 462 g/mol. The summed E-state index contributed by atoms with van der Waals surface area (Å²) in [6.45, 7) is 5.18. The van der Waals surface area contributed by atoms with Gasteiger partial charge in [-0.25, -0.2) is 8.42 Å². The summed E-state index contributed by atoms with van der Waals surface area (Å²) in [4.78, 5) is 17.2. The predicted molar refractivity (Wildman–Crippen MR) is 123 cm³/mol. The van der Waals surface area contributed by atoms with Crippen molar-refractivity contribution in [3.8, 4) is 0 Å². The molecule has 2 heterocycles. The number of carbonyl (C=O) groups is 1. The molecule has 0 spiro atoms. The third-order valence-electron chi connectivity index (χ3n) is 6.19. The summed E-state index contributed by atoms with van der Waals surface area (Å²) in [5.41, 5.74) is 1.57. The van der Waals surface area contributed by atoms with Crippen molar-refractivity contribution in [1.82, 2.24) is 9.21 Å². The van der Waals surface area contributed by atoms with Crippen LogP contribution in [0.25, 0.3) is 0 Å². The van der Waals surface area contributed by atoms with E-state index in [0.717, 1.165) is 38.0 Å². The Morgan fingerprint density at radius 2 is 1.68 bits per heavy atom. The first-order chi connectivity index (χ1) is 14.9. The number of amides is 1. The number of rotatable bonds is 4. The van der Waals surface area contributed by atoms with Crippen LogP contribution in [0.1, 0.15) is 36.5 Å². The zero-order chi connectivity index (χ0) is 22.0. The highest BCUT2D eigenvalue weighted by Crippen LogP contribution is 2.26. The number of nitrogens with zero attached hydrogens (tertiary/aromatic N) is 3. The molecule has 8 heteroatoms. The number of benzene rings is 2. The summed E-state index contributed by atoms with van der Waals surface area (Å²) in [5.74, 6) is -0.0685. The second kappa shape index (κ2) is 9.18. The molecule has 1 atom stereocenters. The lowest BCUT2D eigenvalue weighted by Gasteiger charge is -2.36. The maximum absolute atomic E-state index is 13.0. The van der Waals surface area contributed by atoms with Gasteiger partial charge in [-0.3, -0.25) is 4.79 Å². The second-order valence-corrected chi connectivity index (χ2v) is 10.6. The molecule has 2 aliphatic heterocycles. The van der Waals surface area contributed by atoms with Crippen molar-refractivity contribution in [3.63, 3.8) is 0 Å². The molecule has 2 saturated heterocycles. The van der Waals surface area contributed by atoms with Gasteiger partial charge in [-0.05, 0) is 62.2 Å². The molecule has 1 amide bonds. The predicted octanol–water partition coefficient (Wildman–Crippen LogP) is 3.87. The Kier molecular flexibility index (Phi) is 6.55. The molecule has 2 aromatic rings. The van der Waals surface area contributed by atoms with Crippen molar-refractivity contribution < 1.29 is 13.2 Å². The van der Waals surface area contributed by atoms with Crippen LogP contribution in [0.15, 0.2) is 53.4 Å². The number of carbonyl (C=O) groups excluding carboxylic acids is 1. The number of sulfonamides is 1. The lowest BCUT2D eigenvalue weighted by atomic mass is 10.1. The maximum atomic E-state index is 13.0. The molecular formula is C23H28ClN3O3S. The summed E-state index contributed by atoms with van der Waals surface area (Å²) < 4.78 is 27.6. The van der Waals surface area contributed by atoms with Gasteiger partial charge in [0.1, 0.15) is 0 Å². The molecule has 31 heavy (non-hydrogen) atoms. The van der Waals surface area contributed by atoms with E-state index in [0.29, 0.717) is 30.2 Å². The number of anilines is 1. The molecular weight excluding hydrogens is 434 g/mol. The quantitative estimate of drug-likeness (QED) is 0.693. The summed E-state index contributed by atoms with van der Waals surface area (Å²) in [5, 5.41) is 0.699. The van der Waals surface area contributed by atoms with E-state index in [1.807, 2.05) is 36.1 Å². The zero-order valence-corrected chi connectivity index (χ0v) is 19.3. The van der Waals surface area contributed by atoms with Gasteiger partial charge in [0, 0.05) is 55.0 Å². The van der Waals surface area contributed by atoms with Crippen molar-refractivity contribution in [2.24, 2.45) is 0 Å². The Hall–Kier alpha value is -2.09. The van der Waals surface area contributed by atoms with Gasteiger partial charge in [0.2, 0.25) is 10.0 Å². The minimum absolute atomic E-state index is 0.0100. The van der Waals surface area contributed by atoms with Gasteiger partial charge in [0.05, 0.1) is 4.90 Å². The highest BCUT2D eigenvalue weighted by atomic mass is 35.5. The molecule has 2 aliphatic rings. The maximum Gasteiger partial charge on any atom is 0.253 e. The molecule has 1 unspecified atom stereocenters. The van der Waals surface area contributed by atoms with E-state index < -0.39 is 10.0 Å². The lowest BCUT2D eigenvalue weighted by molar-refractivity contribution is 0.0746. The Balaban J connectivity index is 1.41. The summed E-state index contributed by atoms with van der Waals surface area (Å²) in [7, 11) is -3.53. The Morgan fingerprint density at radius 3 is 2.32 bits per heavy atom. The second-order valence-electron chi connectivity index (χ2n) is 8.24. The van der Waals surface area contributed by atoms with Crippen molar-refractivity contribution in [1.29, 1.82) is 0 Å². The normalized spacial score (nSPS) is 20.6. The largest absolute Gasteiger partial charge is 0.368 e. The van der Waals surface area contributed by atoms with Crippen molar-refractivity contribution in [2.45, 2.75) is 37.1 Å². The number of hydrogen-bond acceptors (Lipinski definition) is 4. The van der Waals surface area contributed by atoms with Gasteiger partial charge in [-0.15, -0.1) is 0 Å². The van der Waals surface area contributed by atoms with Crippen LogP contribution in [0.3, 0.4) is 0 Å². The van der Waals surface area contributed by atoms with Crippen molar-refractivity contribution >= 4 is 33.2 Å². The minimum Gasteiger partial charge on any atom is -0.368 e. The molecule has 4 rings (SSSR count). The van der Waals surface area contributed by atoms with Gasteiger partial charge >= 0.3 is 0 Å². The number of halogens is 1. The van der Waals surface area contributed by atoms with Crippen LogP contribution in [-0.2, 0) is 10.0 Å². The standard InChI is InChI=1S/C23H28ClN3O3S/c1-18-5-2-3-12-27(18)31(29,30)22-10-8-19(9-11-22)23(28)26-15-13-25(14-16-26)21-7-4-6-20(24)17-21/h4,6-11,17-18H,2-3,5,12-16H2,1H3. The molecule has 166 valence electrons.